The lowest BCUT2D eigenvalue weighted by atomic mass is 9.96. The van der Waals surface area contributed by atoms with Gasteiger partial charge in [-0.05, 0) is 82.4 Å². The summed E-state index contributed by atoms with van der Waals surface area (Å²) in [4.78, 5) is 2.35. The van der Waals surface area contributed by atoms with E-state index in [9.17, 15) is 0 Å². The maximum atomic E-state index is 6.83. The molecule has 0 unspecified atom stereocenters. The summed E-state index contributed by atoms with van der Waals surface area (Å²) < 4.78 is 13.1. The number of hydrogen-bond acceptors (Lipinski definition) is 3. The molecular formula is C48H31NO2. The molecule has 3 heteroatoms. The van der Waals surface area contributed by atoms with E-state index in [4.69, 9.17) is 8.83 Å². The Morgan fingerprint density at radius 2 is 0.804 bits per heavy atom. The molecule has 0 saturated heterocycles. The number of hydrogen-bond donors (Lipinski definition) is 0. The van der Waals surface area contributed by atoms with Crippen LogP contribution in [-0.4, -0.2) is 0 Å². The van der Waals surface area contributed by atoms with Crippen molar-refractivity contribution in [1.29, 1.82) is 0 Å². The predicted octanol–water partition coefficient (Wildman–Crippen LogP) is 14.0. The summed E-state index contributed by atoms with van der Waals surface area (Å²) in [6.45, 7) is 0. The zero-order chi connectivity index (χ0) is 33.7. The van der Waals surface area contributed by atoms with Gasteiger partial charge in [-0.25, -0.2) is 0 Å². The van der Waals surface area contributed by atoms with Gasteiger partial charge in [0.05, 0.1) is 11.1 Å². The Labute approximate surface area is 295 Å². The molecule has 0 aliphatic heterocycles. The number of benzene rings is 8. The number of furan rings is 2. The first kappa shape index (κ1) is 29.1. The van der Waals surface area contributed by atoms with E-state index in [2.05, 4.69) is 169 Å². The van der Waals surface area contributed by atoms with E-state index in [-0.39, 0.29) is 0 Å². The molecule has 0 amide bonds. The third-order valence-corrected chi connectivity index (χ3v) is 9.90. The summed E-state index contributed by atoms with van der Waals surface area (Å²) in [5.74, 6) is 0. The first-order valence-corrected chi connectivity index (χ1v) is 17.3. The molecule has 0 spiro atoms. The number of anilines is 3. The van der Waals surface area contributed by atoms with E-state index >= 15 is 0 Å². The first-order valence-electron chi connectivity index (χ1n) is 17.3. The monoisotopic (exact) mass is 653 g/mol. The van der Waals surface area contributed by atoms with Crippen molar-refractivity contribution in [1.82, 2.24) is 0 Å². The molecule has 8 aromatic carbocycles. The van der Waals surface area contributed by atoms with Crippen molar-refractivity contribution < 1.29 is 8.83 Å². The lowest BCUT2D eigenvalue weighted by Gasteiger charge is -2.27. The second-order valence-corrected chi connectivity index (χ2v) is 12.9. The average Bonchev–Trinajstić information content (AvgIpc) is 3.79. The predicted molar refractivity (Wildman–Crippen MR) is 212 cm³/mol. The van der Waals surface area contributed by atoms with Crippen LogP contribution < -0.4 is 4.90 Å². The quantitative estimate of drug-likeness (QED) is 0.179. The molecule has 51 heavy (non-hydrogen) atoms. The van der Waals surface area contributed by atoms with Crippen LogP contribution in [0.25, 0.3) is 77.3 Å². The fourth-order valence-corrected chi connectivity index (χ4v) is 7.50. The summed E-state index contributed by atoms with van der Waals surface area (Å²) >= 11 is 0. The van der Waals surface area contributed by atoms with Crippen molar-refractivity contribution in [3.05, 3.63) is 188 Å². The van der Waals surface area contributed by atoms with Crippen molar-refractivity contribution in [2.45, 2.75) is 0 Å². The van der Waals surface area contributed by atoms with Crippen LogP contribution in [0, 0.1) is 0 Å². The molecular weight excluding hydrogens is 623 g/mol. The summed E-state index contributed by atoms with van der Waals surface area (Å²) in [5, 5.41) is 4.31. The fourth-order valence-electron chi connectivity index (χ4n) is 7.50. The van der Waals surface area contributed by atoms with Gasteiger partial charge in [0.1, 0.15) is 22.3 Å². The van der Waals surface area contributed by atoms with E-state index < -0.39 is 0 Å². The molecule has 0 aliphatic carbocycles. The normalized spacial score (nSPS) is 11.5. The maximum absolute atomic E-state index is 6.83. The van der Waals surface area contributed by atoms with Crippen LogP contribution in [0.5, 0.6) is 0 Å². The van der Waals surface area contributed by atoms with Crippen LogP contribution in [0.2, 0.25) is 0 Å². The molecule has 0 radical (unpaired) electrons. The van der Waals surface area contributed by atoms with Crippen molar-refractivity contribution >= 4 is 60.9 Å². The number of rotatable bonds is 6. The van der Waals surface area contributed by atoms with Gasteiger partial charge in [0.25, 0.3) is 0 Å². The molecule has 0 saturated carbocycles. The van der Waals surface area contributed by atoms with E-state index in [0.29, 0.717) is 0 Å². The highest BCUT2D eigenvalue weighted by molar-refractivity contribution is 6.20. The van der Waals surface area contributed by atoms with Gasteiger partial charge < -0.3 is 13.7 Å². The summed E-state index contributed by atoms with van der Waals surface area (Å²) in [7, 11) is 0. The number of nitrogens with zero attached hydrogens (tertiary/aromatic N) is 1. The van der Waals surface area contributed by atoms with Crippen LogP contribution in [0.4, 0.5) is 17.1 Å². The van der Waals surface area contributed by atoms with Gasteiger partial charge in [-0.2, -0.15) is 0 Å². The molecule has 2 aromatic heterocycles. The van der Waals surface area contributed by atoms with Crippen molar-refractivity contribution in [2.24, 2.45) is 0 Å². The zero-order valence-electron chi connectivity index (χ0n) is 27.7. The highest BCUT2D eigenvalue weighted by atomic mass is 16.3. The fraction of sp³-hybridized carbons (Fsp3) is 0. The zero-order valence-corrected chi connectivity index (χ0v) is 27.7. The maximum Gasteiger partial charge on any atom is 0.145 e. The van der Waals surface area contributed by atoms with E-state index in [0.717, 1.165) is 72.1 Å². The van der Waals surface area contributed by atoms with Crippen molar-refractivity contribution in [3.8, 4) is 33.4 Å². The van der Waals surface area contributed by atoms with Gasteiger partial charge >= 0.3 is 0 Å². The first-order chi connectivity index (χ1) is 25.3. The molecule has 0 fully saturated rings. The average molecular weight is 654 g/mol. The Hall–Kier alpha value is -6.84. The smallest absolute Gasteiger partial charge is 0.145 e. The van der Waals surface area contributed by atoms with E-state index in [1.165, 1.54) is 22.3 Å². The van der Waals surface area contributed by atoms with Gasteiger partial charge in [-0.1, -0.05) is 133 Å². The molecule has 10 rings (SSSR count). The van der Waals surface area contributed by atoms with Gasteiger partial charge in [0, 0.05) is 33.1 Å². The summed E-state index contributed by atoms with van der Waals surface area (Å²) in [6, 6.07) is 66.1. The molecule has 240 valence electrons. The van der Waals surface area contributed by atoms with Gasteiger partial charge in [-0.3, -0.25) is 0 Å². The minimum Gasteiger partial charge on any atom is -0.456 e. The van der Waals surface area contributed by atoms with Crippen LogP contribution in [0.15, 0.2) is 197 Å². The van der Waals surface area contributed by atoms with Gasteiger partial charge in [0.15, 0.2) is 0 Å². The molecule has 0 N–H and O–H groups in total. The van der Waals surface area contributed by atoms with Crippen LogP contribution in [-0.2, 0) is 0 Å². The standard InChI is InChI=1S/C48H31NO2/c1-3-12-32(13-4-1)34-22-26-36(27-23-34)49(37-28-24-35(25-29-37)33-14-5-2-6-15-33)42-31-30-39(48-47(42)41-17-8-10-20-44(41)51-48)38-18-11-21-45-46(38)40-16-7-9-19-43(40)50-45/h1-31H. The van der Waals surface area contributed by atoms with Crippen molar-refractivity contribution in [3.63, 3.8) is 0 Å². The Balaban J connectivity index is 1.21. The molecule has 10 aromatic rings. The Bertz CT molecular complexity index is 2750. The highest BCUT2D eigenvalue weighted by Crippen LogP contribution is 2.48. The third kappa shape index (κ3) is 4.90. The molecule has 2 heterocycles. The number of para-hydroxylation sites is 2. The van der Waals surface area contributed by atoms with E-state index in [1.54, 1.807) is 0 Å². The van der Waals surface area contributed by atoms with Crippen LogP contribution >= 0.6 is 0 Å². The Morgan fingerprint density at radius 1 is 0.314 bits per heavy atom. The lowest BCUT2D eigenvalue weighted by Crippen LogP contribution is -2.10. The SMILES string of the molecule is c1ccc(-c2ccc(N(c3ccc(-c4ccccc4)cc3)c3ccc(-c4cccc5oc6ccccc6c45)c4oc5ccccc5c34)cc2)cc1. The lowest BCUT2D eigenvalue weighted by molar-refractivity contribution is 0.668. The minimum absolute atomic E-state index is 0.846. The largest absolute Gasteiger partial charge is 0.456 e. The molecule has 0 atom stereocenters. The van der Waals surface area contributed by atoms with Crippen LogP contribution in [0.1, 0.15) is 0 Å². The topological polar surface area (TPSA) is 29.5 Å². The van der Waals surface area contributed by atoms with Crippen LogP contribution in [0.3, 0.4) is 0 Å². The van der Waals surface area contributed by atoms with Crippen molar-refractivity contribution in [2.75, 3.05) is 4.90 Å². The molecule has 0 aliphatic rings. The Kier molecular flexibility index (Phi) is 6.81. The Morgan fingerprint density at radius 3 is 1.41 bits per heavy atom. The summed E-state index contributed by atoms with van der Waals surface area (Å²) in [5.41, 5.74) is 13.4. The molecule has 3 nitrogen and oxygen atoms in total. The minimum atomic E-state index is 0.846. The van der Waals surface area contributed by atoms with E-state index in [1.807, 2.05) is 24.3 Å². The van der Waals surface area contributed by atoms with Gasteiger partial charge in [0.2, 0.25) is 0 Å². The third-order valence-electron chi connectivity index (χ3n) is 9.90. The summed E-state index contributed by atoms with van der Waals surface area (Å²) in [6.07, 6.45) is 0. The number of fused-ring (bicyclic) bond motifs is 6. The second kappa shape index (κ2) is 11.9. The second-order valence-electron chi connectivity index (χ2n) is 12.9. The van der Waals surface area contributed by atoms with Gasteiger partial charge in [-0.15, -0.1) is 0 Å². The highest BCUT2D eigenvalue weighted by Gasteiger charge is 2.24. The molecule has 0 bridgehead atoms.